The summed E-state index contributed by atoms with van der Waals surface area (Å²) in [5, 5.41) is 12.9. The third-order valence-electron chi connectivity index (χ3n) is 6.23. The van der Waals surface area contributed by atoms with Gasteiger partial charge >= 0.3 is 0 Å². The molecule has 38 heavy (non-hydrogen) atoms. The van der Waals surface area contributed by atoms with E-state index in [9.17, 15) is 13.2 Å². The van der Waals surface area contributed by atoms with Crippen molar-refractivity contribution in [3.63, 3.8) is 0 Å². The monoisotopic (exact) mass is 545 g/mol. The molecule has 0 aliphatic heterocycles. The van der Waals surface area contributed by atoms with E-state index in [1.165, 1.54) is 23.9 Å². The van der Waals surface area contributed by atoms with Crippen LogP contribution in [0.15, 0.2) is 95.0 Å². The number of para-hydroxylation sites is 1. The number of sulfonamides is 1. The number of hydrogen-bond acceptors (Lipinski definition) is 6. The molecular formula is C28H27N5O3S2. The van der Waals surface area contributed by atoms with Gasteiger partial charge in [0.05, 0.1) is 15.7 Å². The lowest BCUT2D eigenvalue weighted by Gasteiger charge is -2.15. The summed E-state index contributed by atoms with van der Waals surface area (Å²) in [6, 6.07) is 25.5. The first-order valence-electron chi connectivity index (χ1n) is 12.2. The maximum absolute atomic E-state index is 13.1. The number of aromatic nitrogens is 3. The van der Waals surface area contributed by atoms with Crippen LogP contribution in [0.25, 0.3) is 16.6 Å². The molecule has 2 heterocycles. The standard InChI is InChI=1S/C28H27N5O3S2/c1-3-25(37-28-32-31-26-17-19(2)23-11-7-8-12-24(23)33(26)28)27(34)30-21-13-15-22(16-14-21)38(35,36)29-18-20-9-5-4-6-10-20/h4-17,25,29H,3,18H2,1-2H3,(H,30,34). The normalized spacial score (nSPS) is 12.6. The van der Waals surface area contributed by atoms with E-state index in [2.05, 4.69) is 26.3 Å². The fraction of sp³-hybridized carbons (Fsp3) is 0.179. The molecule has 0 aliphatic rings. The molecule has 0 fully saturated rings. The number of hydrogen-bond donors (Lipinski definition) is 2. The van der Waals surface area contributed by atoms with Gasteiger partial charge in [-0.3, -0.25) is 9.20 Å². The number of fused-ring (bicyclic) bond motifs is 3. The number of amides is 1. The number of anilines is 1. The Morgan fingerprint density at radius 3 is 2.42 bits per heavy atom. The van der Waals surface area contributed by atoms with Gasteiger partial charge < -0.3 is 5.32 Å². The molecule has 2 aromatic heterocycles. The highest BCUT2D eigenvalue weighted by molar-refractivity contribution is 8.00. The second kappa shape index (κ2) is 10.9. The molecule has 8 nitrogen and oxygen atoms in total. The molecule has 0 bridgehead atoms. The molecule has 0 radical (unpaired) electrons. The van der Waals surface area contributed by atoms with Crippen molar-refractivity contribution >= 4 is 49.9 Å². The summed E-state index contributed by atoms with van der Waals surface area (Å²) in [6.45, 7) is 4.18. The highest BCUT2D eigenvalue weighted by Crippen LogP contribution is 2.30. The summed E-state index contributed by atoms with van der Waals surface area (Å²) >= 11 is 1.36. The van der Waals surface area contributed by atoms with Crippen LogP contribution in [0.2, 0.25) is 0 Å². The van der Waals surface area contributed by atoms with Gasteiger partial charge in [0.15, 0.2) is 10.8 Å². The van der Waals surface area contributed by atoms with Crippen LogP contribution in [0.4, 0.5) is 5.69 Å². The Hall–Kier alpha value is -3.73. The molecule has 0 saturated heterocycles. The van der Waals surface area contributed by atoms with Gasteiger partial charge in [-0.25, -0.2) is 13.1 Å². The van der Waals surface area contributed by atoms with Crippen LogP contribution in [0.1, 0.15) is 24.5 Å². The average molecular weight is 546 g/mol. The van der Waals surface area contributed by atoms with E-state index in [1.807, 2.05) is 72.8 Å². The number of nitrogens with one attached hydrogen (secondary N) is 2. The molecule has 0 aliphatic carbocycles. The van der Waals surface area contributed by atoms with Gasteiger partial charge in [0, 0.05) is 17.6 Å². The molecule has 5 aromatic rings. The first-order valence-corrected chi connectivity index (χ1v) is 14.6. The van der Waals surface area contributed by atoms with Gasteiger partial charge in [0.2, 0.25) is 15.9 Å². The third kappa shape index (κ3) is 5.42. The van der Waals surface area contributed by atoms with Crippen molar-refractivity contribution in [2.45, 2.75) is 42.1 Å². The second-order valence-electron chi connectivity index (χ2n) is 8.86. The number of carbonyl (C=O) groups is 1. The van der Waals surface area contributed by atoms with E-state index in [4.69, 9.17) is 0 Å². The van der Waals surface area contributed by atoms with E-state index in [1.54, 1.807) is 12.1 Å². The summed E-state index contributed by atoms with van der Waals surface area (Å²) in [6.07, 6.45) is 0.574. The topological polar surface area (TPSA) is 105 Å². The number of thioether (sulfide) groups is 1. The first-order chi connectivity index (χ1) is 18.4. The Bertz CT molecular complexity index is 1700. The maximum atomic E-state index is 13.1. The van der Waals surface area contributed by atoms with Crippen molar-refractivity contribution in [2.75, 3.05) is 5.32 Å². The summed E-state index contributed by atoms with van der Waals surface area (Å²) in [5.74, 6) is -0.191. The minimum atomic E-state index is -3.69. The number of aryl methyl sites for hydroxylation is 1. The highest BCUT2D eigenvalue weighted by Gasteiger charge is 2.22. The number of pyridine rings is 1. The van der Waals surface area contributed by atoms with Gasteiger partial charge in [-0.2, -0.15) is 0 Å². The molecule has 3 aromatic carbocycles. The van der Waals surface area contributed by atoms with Crippen LogP contribution in [-0.2, 0) is 21.4 Å². The van der Waals surface area contributed by atoms with Crippen LogP contribution in [0.3, 0.4) is 0 Å². The van der Waals surface area contributed by atoms with Gasteiger partial charge in [0.1, 0.15) is 0 Å². The Balaban J connectivity index is 1.29. The zero-order valence-electron chi connectivity index (χ0n) is 21.0. The number of rotatable bonds is 9. The largest absolute Gasteiger partial charge is 0.325 e. The summed E-state index contributed by atoms with van der Waals surface area (Å²) < 4.78 is 29.9. The maximum Gasteiger partial charge on any atom is 0.240 e. The predicted octanol–water partition coefficient (Wildman–Crippen LogP) is 5.18. The smallest absolute Gasteiger partial charge is 0.240 e. The molecule has 2 N–H and O–H groups in total. The van der Waals surface area contributed by atoms with E-state index >= 15 is 0 Å². The molecular weight excluding hydrogens is 518 g/mol. The molecule has 10 heteroatoms. The van der Waals surface area contributed by atoms with Crippen molar-refractivity contribution in [2.24, 2.45) is 0 Å². The summed E-state index contributed by atoms with van der Waals surface area (Å²) in [4.78, 5) is 13.3. The Kier molecular flexibility index (Phi) is 7.46. The number of benzene rings is 3. The van der Waals surface area contributed by atoms with Crippen LogP contribution < -0.4 is 10.0 Å². The van der Waals surface area contributed by atoms with Crippen molar-refractivity contribution in [1.29, 1.82) is 0 Å². The number of carbonyl (C=O) groups excluding carboxylic acids is 1. The van der Waals surface area contributed by atoms with Crippen molar-refractivity contribution in [3.8, 4) is 0 Å². The molecule has 5 rings (SSSR count). The lowest BCUT2D eigenvalue weighted by molar-refractivity contribution is -0.115. The van der Waals surface area contributed by atoms with Gasteiger partial charge in [-0.05, 0) is 60.9 Å². The highest BCUT2D eigenvalue weighted by atomic mass is 32.2. The van der Waals surface area contributed by atoms with E-state index in [0.29, 0.717) is 17.3 Å². The SMILES string of the molecule is CCC(Sc1nnc2cc(C)c3ccccc3n12)C(=O)Nc1ccc(S(=O)(=O)NCc2ccccc2)cc1. The molecule has 1 amide bonds. The fourth-order valence-electron chi connectivity index (χ4n) is 4.20. The minimum Gasteiger partial charge on any atom is -0.325 e. The van der Waals surface area contributed by atoms with Gasteiger partial charge in [-0.1, -0.05) is 67.2 Å². The zero-order valence-corrected chi connectivity index (χ0v) is 22.6. The van der Waals surface area contributed by atoms with E-state index in [-0.39, 0.29) is 17.3 Å². The predicted molar refractivity (Wildman–Crippen MR) is 151 cm³/mol. The van der Waals surface area contributed by atoms with Crippen LogP contribution >= 0.6 is 11.8 Å². The molecule has 0 saturated carbocycles. The molecule has 1 unspecified atom stereocenters. The van der Waals surface area contributed by atoms with Crippen LogP contribution in [0.5, 0.6) is 0 Å². The second-order valence-corrected chi connectivity index (χ2v) is 11.8. The Morgan fingerprint density at radius 2 is 1.68 bits per heavy atom. The molecule has 1 atom stereocenters. The Morgan fingerprint density at radius 1 is 0.974 bits per heavy atom. The molecule has 0 spiro atoms. The van der Waals surface area contributed by atoms with Gasteiger partial charge in [0.25, 0.3) is 0 Å². The lowest BCUT2D eigenvalue weighted by Crippen LogP contribution is -2.25. The van der Waals surface area contributed by atoms with Crippen molar-refractivity contribution in [1.82, 2.24) is 19.3 Å². The third-order valence-corrected chi connectivity index (χ3v) is 8.95. The molecule has 194 valence electrons. The lowest BCUT2D eigenvalue weighted by atomic mass is 10.1. The van der Waals surface area contributed by atoms with Crippen molar-refractivity contribution in [3.05, 3.63) is 96.1 Å². The summed E-state index contributed by atoms with van der Waals surface area (Å²) in [7, 11) is -3.69. The minimum absolute atomic E-state index is 0.130. The first kappa shape index (κ1) is 25.9. The quantitative estimate of drug-likeness (QED) is 0.247. The zero-order chi connectivity index (χ0) is 26.7. The van der Waals surface area contributed by atoms with E-state index < -0.39 is 15.3 Å². The van der Waals surface area contributed by atoms with Gasteiger partial charge in [-0.15, -0.1) is 10.2 Å². The summed E-state index contributed by atoms with van der Waals surface area (Å²) in [5.41, 5.74) is 4.22. The van der Waals surface area contributed by atoms with Crippen LogP contribution in [0, 0.1) is 6.92 Å². The Labute approximate surface area is 225 Å². The number of nitrogens with zero attached hydrogens (tertiary/aromatic N) is 3. The average Bonchev–Trinajstić information content (AvgIpc) is 3.34. The fourth-order valence-corrected chi connectivity index (χ4v) is 6.19. The van der Waals surface area contributed by atoms with Crippen LogP contribution in [-0.4, -0.2) is 34.2 Å². The van der Waals surface area contributed by atoms with E-state index in [0.717, 1.165) is 27.7 Å². The van der Waals surface area contributed by atoms with Crippen molar-refractivity contribution < 1.29 is 13.2 Å².